The number of aromatic hydroxyl groups is 2. The van der Waals surface area contributed by atoms with Crippen LogP contribution in [0.1, 0.15) is 70.9 Å². The quantitative estimate of drug-likeness (QED) is 0.327. The fraction of sp³-hybridized carbons (Fsp3) is 0.600. The second kappa shape index (κ2) is 12.4. The topological polar surface area (TPSA) is 89.9 Å². The van der Waals surface area contributed by atoms with Crippen molar-refractivity contribution in [2.75, 3.05) is 26.2 Å². The van der Waals surface area contributed by atoms with Crippen molar-refractivity contribution < 1.29 is 18.6 Å². The highest BCUT2D eigenvalue weighted by atomic mass is 32.2. The zero-order valence-corrected chi connectivity index (χ0v) is 20.9. The van der Waals surface area contributed by atoms with Crippen LogP contribution in [0.2, 0.25) is 0 Å². The summed E-state index contributed by atoms with van der Waals surface area (Å²) in [7, 11) is -3.86. The van der Waals surface area contributed by atoms with E-state index in [-0.39, 0.29) is 28.4 Å². The summed E-state index contributed by atoms with van der Waals surface area (Å²) in [5.74, 6) is -0.343. The molecule has 7 heteroatoms. The summed E-state index contributed by atoms with van der Waals surface area (Å²) >= 11 is 0. The van der Waals surface area contributed by atoms with Crippen molar-refractivity contribution in [1.29, 1.82) is 0 Å². The van der Waals surface area contributed by atoms with Crippen LogP contribution in [0.3, 0.4) is 0 Å². The molecule has 0 atom stereocenters. The molecule has 180 valence electrons. The Morgan fingerprint density at radius 2 is 1.81 bits per heavy atom. The van der Waals surface area contributed by atoms with Crippen LogP contribution in [0.5, 0.6) is 11.5 Å². The third-order valence-electron chi connectivity index (χ3n) is 5.88. The number of allylic oxidation sites excluding steroid dienone is 4. The van der Waals surface area contributed by atoms with E-state index in [1.54, 1.807) is 6.07 Å². The van der Waals surface area contributed by atoms with Gasteiger partial charge in [0.05, 0.1) is 0 Å². The molecule has 0 spiro atoms. The molecule has 3 N–H and O–H groups in total. The zero-order valence-electron chi connectivity index (χ0n) is 20.1. The molecule has 2 rings (SSSR count). The van der Waals surface area contributed by atoms with Crippen molar-refractivity contribution in [2.45, 2.75) is 77.5 Å². The van der Waals surface area contributed by atoms with E-state index >= 15 is 0 Å². The van der Waals surface area contributed by atoms with Gasteiger partial charge < -0.3 is 15.5 Å². The predicted octanol–water partition coefficient (Wildman–Crippen LogP) is 4.66. The molecular formula is C25H40N2O4S. The summed E-state index contributed by atoms with van der Waals surface area (Å²) in [4.78, 5) is -0.0288. The first-order valence-corrected chi connectivity index (χ1v) is 13.2. The third-order valence-corrected chi connectivity index (χ3v) is 7.90. The molecule has 1 aromatic carbocycles. The first kappa shape index (κ1) is 26.4. The molecule has 0 unspecified atom stereocenters. The molecule has 1 saturated heterocycles. The molecule has 0 aromatic heterocycles. The highest BCUT2D eigenvalue weighted by Gasteiger charge is 2.33. The van der Waals surface area contributed by atoms with Crippen LogP contribution in [0, 0.1) is 0 Å². The van der Waals surface area contributed by atoms with Crippen molar-refractivity contribution in [1.82, 2.24) is 9.62 Å². The van der Waals surface area contributed by atoms with Crippen LogP contribution in [0.15, 0.2) is 34.3 Å². The summed E-state index contributed by atoms with van der Waals surface area (Å²) in [5, 5.41) is 25.0. The number of rotatable bonds is 11. The first-order valence-electron chi connectivity index (χ1n) is 11.7. The number of unbranched alkanes of at least 4 members (excludes halogenated alkanes) is 2. The maximum absolute atomic E-state index is 13.5. The molecule has 0 bridgehead atoms. The molecule has 1 aromatic rings. The van der Waals surface area contributed by atoms with Gasteiger partial charge in [0.2, 0.25) is 10.0 Å². The van der Waals surface area contributed by atoms with Gasteiger partial charge in [-0.05, 0) is 64.5 Å². The van der Waals surface area contributed by atoms with E-state index in [2.05, 4.69) is 32.2 Å². The number of sulfonamides is 1. The van der Waals surface area contributed by atoms with Crippen molar-refractivity contribution in [3.63, 3.8) is 0 Å². The fourth-order valence-electron chi connectivity index (χ4n) is 3.95. The monoisotopic (exact) mass is 464 g/mol. The summed E-state index contributed by atoms with van der Waals surface area (Å²) < 4.78 is 28.4. The minimum Gasteiger partial charge on any atom is -0.508 e. The van der Waals surface area contributed by atoms with Crippen molar-refractivity contribution in [3.8, 4) is 11.5 Å². The van der Waals surface area contributed by atoms with Crippen LogP contribution < -0.4 is 5.32 Å². The zero-order chi connectivity index (χ0) is 23.7. The number of hydrogen-bond acceptors (Lipinski definition) is 5. The Kier molecular flexibility index (Phi) is 10.3. The van der Waals surface area contributed by atoms with Crippen molar-refractivity contribution in [2.24, 2.45) is 0 Å². The van der Waals surface area contributed by atoms with Crippen LogP contribution in [0.4, 0.5) is 0 Å². The smallest absolute Gasteiger partial charge is 0.247 e. The number of aryl methyl sites for hydroxylation is 1. The molecule has 1 heterocycles. The van der Waals surface area contributed by atoms with Crippen LogP contribution >= 0.6 is 0 Å². The van der Waals surface area contributed by atoms with Gasteiger partial charge in [0.25, 0.3) is 0 Å². The summed E-state index contributed by atoms with van der Waals surface area (Å²) in [5.41, 5.74) is 3.19. The Bertz CT molecular complexity index is 926. The number of piperazine rings is 1. The molecule has 0 amide bonds. The number of phenols is 2. The number of nitrogens with zero attached hydrogens (tertiary/aromatic N) is 1. The van der Waals surface area contributed by atoms with Crippen molar-refractivity contribution in [3.05, 3.63) is 40.5 Å². The van der Waals surface area contributed by atoms with Crippen molar-refractivity contribution >= 4 is 10.0 Å². The number of phenolic OH excluding ortho intramolecular Hbond substituents is 2. The Morgan fingerprint density at radius 3 is 2.44 bits per heavy atom. The van der Waals surface area contributed by atoms with E-state index in [0.717, 1.165) is 37.7 Å². The van der Waals surface area contributed by atoms with Crippen LogP contribution in [-0.2, 0) is 22.9 Å². The first-order chi connectivity index (χ1) is 15.2. The van der Waals surface area contributed by atoms with Crippen LogP contribution in [-0.4, -0.2) is 49.1 Å². The largest absolute Gasteiger partial charge is 0.508 e. The van der Waals surface area contributed by atoms with Gasteiger partial charge in [-0.2, -0.15) is 4.31 Å². The third kappa shape index (κ3) is 7.09. The number of hydrogen-bond donors (Lipinski definition) is 3. The Balaban J connectivity index is 2.41. The molecule has 1 aliphatic heterocycles. The SMILES string of the molecule is CCCCCc1cc(O)c(C/C=C(\C)CCC=C(C)C)c(O)c1S(=O)(=O)N1CCNCC1. The molecule has 6 nitrogen and oxygen atoms in total. The van der Waals surface area contributed by atoms with Gasteiger partial charge in [-0.25, -0.2) is 8.42 Å². The number of benzene rings is 1. The summed E-state index contributed by atoms with van der Waals surface area (Å²) in [6, 6.07) is 1.55. The maximum atomic E-state index is 13.5. The predicted molar refractivity (Wildman–Crippen MR) is 131 cm³/mol. The van der Waals surface area contributed by atoms with Gasteiger partial charge in [-0.3, -0.25) is 0 Å². The second-order valence-corrected chi connectivity index (χ2v) is 10.8. The molecule has 0 saturated carbocycles. The highest BCUT2D eigenvalue weighted by Crippen LogP contribution is 2.39. The molecular weight excluding hydrogens is 424 g/mol. The lowest BCUT2D eigenvalue weighted by Crippen LogP contribution is -2.46. The standard InChI is InChI=1S/C25H40N2O4S/c1-5-6-7-11-21-18-23(28)22(13-12-20(4)10-8-9-19(2)3)24(29)25(21)32(30,31)27-16-14-26-15-17-27/h9,12,18,26,28-29H,5-8,10-11,13-17H2,1-4H3/b20-12+. The summed E-state index contributed by atoms with van der Waals surface area (Å²) in [6.45, 7) is 10.2. The van der Waals surface area contributed by atoms with Gasteiger partial charge >= 0.3 is 0 Å². The van der Waals surface area contributed by atoms with E-state index in [9.17, 15) is 18.6 Å². The fourth-order valence-corrected chi connectivity index (χ4v) is 5.73. The van der Waals surface area contributed by atoms with Gasteiger partial charge in [0.1, 0.15) is 16.4 Å². The lowest BCUT2D eigenvalue weighted by atomic mass is 10.00. The van der Waals surface area contributed by atoms with Gasteiger partial charge in [-0.15, -0.1) is 0 Å². The number of nitrogens with one attached hydrogen (secondary N) is 1. The van der Waals surface area contributed by atoms with Gasteiger partial charge in [0.15, 0.2) is 0 Å². The molecule has 1 fully saturated rings. The average Bonchev–Trinajstić information content (AvgIpc) is 2.73. The highest BCUT2D eigenvalue weighted by molar-refractivity contribution is 7.89. The Hall–Kier alpha value is -1.83. The van der Waals surface area contributed by atoms with E-state index in [4.69, 9.17) is 0 Å². The molecule has 32 heavy (non-hydrogen) atoms. The van der Waals surface area contributed by atoms with E-state index in [1.807, 2.05) is 13.0 Å². The molecule has 1 aliphatic rings. The minimum atomic E-state index is -3.86. The Labute approximate surface area is 194 Å². The average molecular weight is 465 g/mol. The maximum Gasteiger partial charge on any atom is 0.247 e. The minimum absolute atomic E-state index is 0.0288. The second-order valence-electron chi connectivity index (χ2n) is 8.90. The van der Waals surface area contributed by atoms with E-state index in [0.29, 0.717) is 38.2 Å². The van der Waals surface area contributed by atoms with E-state index in [1.165, 1.54) is 9.88 Å². The molecule has 0 aliphatic carbocycles. The lowest BCUT2D eigenvalue weighted by Gasteiger charge is -2.28. The summed E-state index contributed by atoms with van der Waals surface area (Å²) in [6.07, 6.45) is 9.53. The van der Waals surface area contributed by atoms with E-state index < -0.39 is 10.0 Å². The Morgan fingerprint density at radius 1 is 1.12 bits per heavy atom. The van der Waals surface area contributed by atoms with Gasteiger partial charge in [-0.1, -0.05) is 43.1 Å². The molecule has 0 radical (unpaired) electrons. The normalized spacial score (nSPS) is 15.7. The lowest BCUT2D eigenvalue weighted by molar-refractivity contribution is 0.356. The van der Waals surface area contributed by atoms with Crippen LogP contribution in [0.25, 0.3) is 0 Å². The van der Waals surface area contributed by atoms with Gasteiger partial charge in [0, 0.05) is 31.7 Å².